The third-order valence-corrected chi connectivity index (χ3v) is 2.65. The molecule has 1 aliphatic heterocycles. The van der Waals surface area contributed by atoms with Crippen LogP contribution in [0.1, 0.15) is 26.7 Å². The highest BCUT2D eigenvalue weighted by Gasteiger charge is 2.47. The van der Waals surface area contributed by atoms with Gasteiger partial charge in [0.05, 0.1) is 12.2 Å². The maximum absolute atomic E-state index is 10.4. The third-order valence-electron chi connectivity index (χ3n) is 2.65. The van der Waals surface area contributed by atoms with Gasteiger partial charge in [0.15, 0.2) is 5.79 Å². The molecule has 0 radical (unpaired) electrons. The lowest BCUT2D eigenvalue weighted by molar-refractivity contribution is -0.152. The van der Waals surface area contributed by atoms with Gasteiger partial charge in [0.1, 0.15) is 0 Å². The molecular weight excluding hydrogens is 186 g/mol. The molecule has 0 aromatic rings. The first-order valence-electron chi connectivity index (χ1n) is 4.81. The van der Waals surface area contributed by atoms with Crippen molar-refractivity contribution in [2.45, 2.75) is 50.7 Å². The number of ether oxygens (including phenoxy) is 2. The Morgan fingerprint density at radius 2 is 1.86 bits per heavy atom. The number of carbonyl (C=O) groups is 1. The van der Waals surface area contributed by atoms with Crippen molar-refractivity contribution in [1.82, 2.24) is 5.32 Å². The van der Waals surface area contributed by atoms with Gasteiger partial charge >= 0.3 is 6.09 Å². The average Bonchev–Trinajstić information content (AvgIpc) is 2.38. The van der Waals surface area contributed by atoms with Gasteiger partial charge in [-0.2, -0.15) is 0 Å². The summed E-state index contributed by atoms with van der Waals surface area (Å²) in [6.07, 6.45) is 0.527. The van der Waals surface area contributed by atoms with Crippen LogP contribution in [0.25, 0.3) is 0 Å². The van der Waals surface area contributed by atoms with Gasteiger partial charge in [-0.3, -0.25) is 0 Å². The van der Waals surface area contributed by atoms with E-state index in [0.717, 1.165) is 0 Å². The van der Waals surface area contributed by atoms with Crippen LogP contribution in [-0.2, 0) is 9.47 Å². The van der Waals surface area contributed by atoms with Gasteiger partial charge in [0, 0.05) is 6.04 Å². The zero-order chi connectivity index (χ0) is 10.3. The van der Waals surface area contributed by atoms with Crippen LogP contribution < -0.4 is 5.32 Å². The number of amides is 1. The number of rotatable bonds is 1. The van der Waals surface area contributed by atoms with Crippen LogP contribution in [0.5, 0.6) is 0 Å². The Hall–Kier alpha value is -0.810. The first-order chi connectivity index (χ1) is 6.46. The number of carboxylic acid groups (broad SMARTS) is 1. The summed E-state index contributed by atoms with van der Waals surface area (Å²) in [7, 11) is 0. The second-order valence-electron chi connectivity index (χ2n) is 4.33. The number of hydrogen-bond donors (Lipinski definition) is 2. The molecule has 14 heavy (non-hydrogen) atoms. The summed E-state index contributed by atoms with van der Waals surface area (Å²) in [6.45, 7) is 3.76. The molecule has 1 aliphatic carbocycles. The maximum Gasteiger partial charge on any atom is 0.404 e. The molecule has 80 valence electrons. The maximum atomic E-state index is 10.4. The molecule has 5 nitrogen and oxygen atoms in total. The Labute approximate surface area is 82.4 Å². The normalized spacial score (nSPS) is 39.4. The van der Waals surface area contributed by atoms with Gasteiger partial charge in [0.25, 0.3) is 0 Å². The Balaban J connectivity index is 1.90. The van der Waals surface area contributed by atoms with E-state index in [2.05, 4.69) is 5.32 Å². The number of fused-ring (bicyclic) bond motifs is 1. The summed E-state index contributed by atoms with van der Waals surface area (Å²) >= 11 is 0. The zero-order valence-electron chi connectivity index (χ0n) is 8.32. The minimum Gasteiger partial charge on any atom is -0.465 e. The first kappa shape index (κ1) is 9.73. The Morgan fingerprint density at radius 3 is 2.29 bits per heavy atom. The van der Waals surface area contributed by atoms with Crippen molar-refractivity contribution in [3.8, 4) is 0 Å². The van der Waals surface area contributed by atoms with Crippen molar-refractivity contribution >= 4 is 6.09 Å². The third kappa shape index (κ3) is 1.83. The molecule has 2 rings (SSSR count). The molecule has 1 unspecified atom stereocenters. The minimum atomic E-state index is -0.978. The SMILES string of the molecule is CC1(C)O[C@H]2CC(NC(=O)O)C[C@H]2O1. The van der Waals surface area contributed by atoms with Crippen molar-refractivity contribution in [2.75, 3.05) is 0 Å². The van der Waals surface area contributed by atoms with Crippen LogP contribution in [-0.4, -0.2) is 35.2 Å². The molecule has 1 saturated heterocycles. The van der Waals surface area contributed by atoms with E-state index in [1.54, 1.807) is 0 Å². The van der Waals surface area contributed by atoms with Crippen molar-refractivity contribution in [3.63, 3.8) is 0 Å². The summed E-state index contributed by atoms with van der Waals surface area (Å²) in [6, 6.07) is -0.0291. The van der Waals surface area contributed by atoms with Gasteiger partial charge in [-0.25, -0.2) is 4.79 Å². The van der Waals surface area contributed by atoms with E-state index < -0.39 is 11.9 Å². The fourth-order valence-corrected chi connectivity index (χ4v) is 2.26. The zero-order valence-corrected chi connectivity index (χ0v) is 8.32. The van der Waals surface area contributed by atoms with Gasteiger partial charge < -0.3 is 19.9 Å². The van der Waals surface area contributed by atoms with Crippen LogP contribution in [0.2, 0.25) is 0 Å². The molecule has 0 aromatic carbocycles. The Morgan fingerprint density at radius 1 is 1.36 bits per heavy atom. The van der Waals surface area contributed by atoms with Crippen LogP contribution in [0.4, 0.5) is 4.79 Å². The highest BCUT2D eigenvalue weighted by atomic mass is 16.8. The van der Waals surface area contributed by atoms with Gasteiger partial charge in [-0.05, 0) is 26.7 Å². The van der Waals surface area contributed by atoms with Crippen molar-refractivity contribution in [1.29, 1.82) is 0 Å². The fraction of sp³-hybridized carbons (Fsp3) is 0.889. The van der Waals surface area contributed by atoms with Gasteiger partial charge in [-0.1, -0.05) is 0 Å². The van der Waals surface area contributed by atoms with Crippen molar-refractivity contribution in [3.05, 3.63) is 0 Å². The summed E-state index contributed by atoms with van der Waals surface area (Å²) < 4.78 is 11.3. The molecule has 0 bridgehead atoms. The largest absolute Gasteiger partial charge is 0.465 e. The summed E-state index contributed by atoms with van der Waals surface area (Å²) in [5, 5.41) is 11.0. The van der Waals surface area contributed by atoms with E-state index in [1.807, 2.05) is 13.8 Å². The fourth-order valence-electron chi connectivity index (χ4n) is 2.26. The van der Waals surface area contributed by atoms with Crippen molar-refractivity contribution < 1.29 is 19.4 Å². The lowest BCUT2D eigenvalue weighted by atomic mass is 10.2. The summed E-state index contributed by atoms with van der Waals surface area (Å²) in [5.74, 6) is -0.510. The van der Waals surface area contributed by atoms with Crippen LogP contribution in [0.3, 0.4) is 0 Å². The second-order valence-corrected chi connectivity index (χ2v) is 4.33. The highest BCUT2D eigenvalue weighted by molar-refractivity contribution is 5.64. The van der Waals surface area contributed by atoms with Gasteiger partial charge in [0.2, 0.25) is 0 Å². The summed E-state index contributed by atoms with van der Waals surface area (Å²) in [4.78, 5) is 10.4. The van der Waals surface area contributed by atoms with Gasteiger partial charge in [-0.15, -0.1) is 0 Å². The molecule has 2 fully saturated rings. The van der Waals surface area contributed by atoms with E-state index in [1.165, 1.54) is 0 Å². The second kappa shape index (κ2) is 3.10. The molecular formula is C9H15NO4. The predicted molar refractivity (Wildman–Crippen MR) is 48.0 cm³/mol. The molecule has 0 spiro atoms. The van der Waals surface area contributed by atoms with E-state index in [9.17, 15) is 4.79 Å². The standard InChI is InChI=1S/C9H15NO4/c1-9(2)13-6-3-5(10-8(11)12)4-7(6)14-9/h5-7,10H,3-4H2,1-2H3,(H,11,12)/t5?,6-,7+. The number of nitrogens with one attached hydrogen (secondary N) is 1. The van der Waals surface area contributed by atoms with E-state index in [0.29, 0.717) is 12.8 Å². The Bertz CT molecular complexity index is 237. The molecule has 0 aromatic heterocycles. The molecule has 2 aliphatic rings. The van der Waals surface area contributed by atoms with E-state index >= 15 is 0 Å². The predicted octanol–water partition coefficient (Wildman–Crippen LogP) is 0.936. The molecule has 1 heterocycles. The first-order valence-corrected chi connectivity index (χ1v) is 4.81. The smallest absolute Gasteiger partial charge is 0.404 e. The summed E-state index contributed by atoms with van der Waals surface area (Å²) in [5.41, 5.74) is 0. The monoisotopic (exact) mass is 201 g/mol. The highest BCUT2D eigenvalue weighted by Crippen LogP contribution is 2.37. The lowest BCUT2D eigenvalue weighted by Gasteiger charge is -2.20. The van der Waals surface area contributed by atoms with Crippen molar-refractivity contribution in [2.24, 2.45) is 0 Å². The minimum absolute atomic E-state index is 0.0291. The van der Waals surface area contributed by atoms with Crippen LogP contribution >= 0.6 is 0 Å². The quantitative estimate of drug-likeness (QED) is 0.662. The number of hydrogen-bond acceptors (Lipinski definition) is 3. The molecule has 1 saturated carbocycles. The molecule has 5 heteroatoms. The Kier molecular flexibility index (Phi) is 2.16. The molecule has 3 atom stereocenters. The van der Waals surface area contributed by atoms with E-state index in [4.69, 9.17) is 14.6 Å². The lowest BCUT2D eigenvalue weighted by Crippen LogP contribution is -2.34. The van der Waals surface area contributed by atoms with Crippen LogP contribution in [0, 0.1) is 0 Å². The average molecular weight is 201 g/mol. The van der Waals surface area contributed by atoms with Crippen LogP contribution in [0.15, 0.2) is 0 Å². The molecule has 1 amide bonds. The molecule has 2 N–H and O–H groups in total. The topological polar surface area (TPSA) is 67.8 Å². The van der Waals surface area contributed by atoms with E-state index in [-0.39, 0.29) is 18.2 Å².